The second-order valence-corrected chi connectivity index (χ2v) is 5.12. The van der Waals surface area contributed by atoms with Gasteiger partial charge in [0.05, 0.1) is 19.9 Å². The smallest absolute Gasteiger partial charge is 0.331 e. The van der Waals surface area contributed by atoms with E-state index in [0.29, 0.717) is 17.0 Å². The predicted molar refractivity (Wildman–Crippen MR) is 96.3 cm³/mol. The molecule has 0 radical (unpaired) electrons. The first-order chi connectivity index (χ1) is 12.5. The maximum atomic E-state index is 11.9. The van der Waals surface area contributed by atoms with E-state index >= 15 is 0 Å². The summed E-state index contributed by atoms with van der Waals surface area (Å²) < 4.78 is 15.0. The van der Waals surface area contributed by atoms with Crippen molar-refractivity contribution >= 4 is 23.6 Å². The zero-order valence-electron chi connectivity index (χ0n) is 14.4. The highest BCUT2D eigenvalue weighted by Gasteiger charge is 2.09. The van der Waals surface area contributed by atoms with Crippen LogP contribution in [0.25, 0.3) is 6.08 Å². The minimum Gasteiger partial charge on any atom is -0.504 e. The molecule has 2 N–H and O–H groups in total. The van der Waals surface area contributed by atoms with E-state index in [1.165, 1.54) is 32.4 Å². The average Bonchev–Trinajstić information content (AvgIpc) is 2.66. The SMILES string of the molecule is COc1cc(/C=C/C(=O)OCC(=O)Nc2ccccc2OC)ccc1O. The first-order valence-electron chi connectivity index (χ1n) is 7.68. The molecule has 0 heterocycles. The number of phenolic OH excluding ortho intramolecular Hbond substituents is 1. The molecule has 0 aliphatic rings. The van der Waals surface area contributed by atoms with Gasteiger partial charge in [-0.25, -0.2) is 4.79 Å². The maximum absolute atomic E-state index is 11.9. The van der Waals surface area contributed by atoms with Gasteiger partial charge in [-0.15, -0.1) is 0 Å². The van der Waals surface area contributed by atoms with Crippen LogP contribution in [0.3, 0.4) is 0 Å². The van der Waals surface area contributed by atoms with Crippen LogP contribution in [0.1, 0.15) is 5.56 Å². The molecule has 136 valence electrons. The van der Waals surface area contributed by atoms with Gasteiger partial charge in [0.25, 0.3) is 5.91 Å². The summed E-state index contributed by atoms with van der Waals surface area (Å²) in [4.78, 5) is 23.6. The van der Waals surface area contributed by atoms with Crippen LogP contribution in [-0.4, -0.2) is 37.8 Å². The van der Waals surface area contributed by atoms with Crippen LogP contribution in [0.2, 0.25) is 0 Å². The molecule has 0 unspecified atom stereocenters. The van der Waals surface area contributed by atoms with Crippen LogP contribution >= 0.6 is 0 Å². The van der Waals surface area contributed by atoms with E-state index in [-0.39, 0.29) is 11.5 Å². The van der Waals surface area contributed by atoms with E-state index < -0.39 is 18.5 Å². The quantitative estimate of drug-likeness (QED) is 0.584. The number of aromatic hydroxyl groups is 1. The minimum atomic E-state index is -0.674. The molecule has 0 bridgehead atoms. The number of carbonyl (C=O) groups excluding carboxylic acids is 2. The normalized spacial score (nSPS) is 10.4. The topological polar surface area (TPSA) is 94.1 Å². The van der Waals surface area contributed by atoms with Crippen LogP contribution in [0.15, 0.2) is 48.5 Å². The van der Waals surface area contributed by atoms with Gasteiger partial charge >= 0.3 is 5.97 Å². The number of rotatable bonds is 7. The van der Waals surface area contributed by atoms with Gasteiger partial charge in [0, 0.05) is 6.08 Å². The molecule has 0 atom stereocenters. The van der Waals surface area contributed by atoms with E-state index in [2.05, 4.69) is 5.32 Å². The molecule has 0 aromatic heterocycles. The third kappa shape index (κ3) is 5.27. The Labute approximate surface area is 150 Å². The van der Waals surface area contributed by atoms with E-state index in [9.17, 15) is 14.7 Å². The average molecular weight is 357 g/mol. The van der Waals surface area contributed by atoms with Crippen LogP contribution < -0.4 is 14.8 Å². The number of amides is 1. The van der Waals surface area contributed by atoms with Crippen molar-refractivity contribution in [1.29, 1.82) is 0 Å². The third-order valence-corrected chi connectivity index (χ3v) is 3.34. The fourth-order valence-corrected chi connectivity index (χ4v) is 2.08. The summed E-state index contributed by atoms with van der Waals surface area (Å²) in [5.41, 5.74) is 1.12. The molecule has 1 amide bonds. The third-order valence-electron chi connectivity index (χ3n) is 3.34. The lowest BCUT2D eigenvalue weighted by molar-refractivity contribution is -0.142. The molecule has 0 spiro atoms. The number of hydrogen-bond donors (Lipinski definition) is 2. The van der Waals surface area contributed by atoms with Crippen molar-refractivity contribution < 1.29 is 28.9 Å². The number of phenols is 1. The molecule has 2 aromatic carbocycles. The lowest BCUT2D eigenvalue weighted by Crippen LogP contribution is -2.20. The Hall–Kier alpha value is -3.48. The molecule has 7 heteroatoms. The molecule has 0 aliphatic heterocycles. The first-order valence-corrected chi connectivity index (χ1v) is 7.68. The van der Waals surface area contributed by atoms with Gasteiger partial charge in [-0.05, 0) is 35.9 Å². The number of anilines is 1. The molecule has 0 saturated carbocycles. The lowest BCUT2D eigenvalue weighted by Gasteiger charge is -2.09. The summed E-state index contributed by atoms with van der Waals surface area (Å²) in [6.07, 6.45) is 2.67. The van der Waals surface area contributed by atoms with Crippen molar-refractivity contribution in [3.63, 3.8) is 0 Å². The highest BCUT2D eigenvalue weighted by atomic mass is 16.5. The van der Waals surface area contributed by atoms with Gasteiger partial charge in [-0.2, -0.15) is 0 Å². The summed E-state index contributed by atoms with van der Waals surface area (Å²) in [5.74, 6) is -0.361. The summed E-state index contributed by atoms with van der Waals surface area (Å²) in [6, 6.07) is 11.5. The fraction of sp³-hybridized carbons (Fsp3) is 0.158. The van der Waals surface area contributed by atoms with Crippen molar-refractivity contribution in [3.05, 3.63) is 54.1 Å². The minimum absolute atomic E-state index is 0.000220. The van der Waals surface area contributed by atoms with Gasteiger partial charge in [-0.3, -0.25) is 4.79 Å². The molecule has 26 heavy (non-hydrogen) atoms. The zero-order valence-corrected chi connectivity index (χ0v) is 14.4. The Bertz CT molecular complexity index is 815. The summed E-state index contributed by atoms with van der Waals surface area (Å²) in [7, 11) is 2.92. The Balaban J connectivity index is 1.87. The number of carbonyl (C=O) groups is 2. The van der Waals surface area contributed by atoms with E-state index in [1.54, 1.807) is 36.4 Å². The second-order valence-electron chi connectivity index (χ2n) is 5.12. The Kier molecular flexibility index (Phi) is 6.61. The predicted octanol–water partition coefficient (Wildman–Crippen LogP) is 2.60. The molecule has 7 nitrogen and oxygen atoms in total. The highest BCUT2D eigenvalue weighted by molar-refractivity contribution is 5.95. The van der Waals surface area contributed by atoms with Crippen molar-refractivity contribution in [2.24, 2.45) is 0 Å². The molecule has 0 aliphatic carbocycles. The van der Waals surface area contributed by atoms with E-state index in [1.807, 2.05) is 0 Å². The van der Waals surface area contributed by atoms with Crippen molar-refractivity contribution in [2.45, 2.75) is 0 Å². The number of ether oxygens (including phenoxy) is 3. The molecule has 0 fully saturated rings. The molecule has 0 saturated heterocycles. The maximum Gasteiger partial charge on any atom is 0.331 e. The zero-order chi connectivity index (χ0) is 18.9. The van der Waals surface area contributed by atoms with Crippen LogP contribution in [0.4, 0.5) is 5.69 Å². The standard InChI is InChI=1S/C19H19NO6/c1-24-16-6-4-3-5-14(16)20-18(22)12-26-19(23)10-8-13-7-9-15(21)17(11-13)25-2/h3-11,21H,12H2,1-2H3,(H,20,22)/b10-8+. The van der Waals surface area contributed by atoms with Crippen LogP contribution in [0, 0.1) is 0 Å². The van der Waals surface area contributed by atoms with Gasteiger partial charge < -0.3 is 24.6 Å². The Morgan fingerprint density at radius 3 is 2.54 bits per heavy atom. The fourth-order valence-electron chi connectivity index (χ4n) is 2.08. The monoisotopic (exact) mass is 357 g/mol. The van der Waals surface area contributed by atoms with Crippen molar-refractivity contribution in [2.75, 3.05) is 26.1 Å². The molecular weight excluding hydrogens is 338 g/mol. The van der Waals surface area contributed by atoms with Crippen LogP contribution in [-0.2, 0) is 14.3 Å². The van der Waals surface area contributed by atoms with Gasteiger partial charge in [-0.1, -0.05) is 18.2 Å². The summed E-state index contributed by atoms with van der Waals surface area (Å²) >= 11 is 0. The second kappa shape index (κ2) is 9.12. The van der Waals surface area contributed by atoms with Crippen molar-refractivity contribution in [3.8, 4) is 17.2 Å². The summed E-state index contributed by atoms with van der Waals surface area (Å²) in [6.45, 7) is -0.430. The number of hydrogen-bond acceptors (Lipinski definition) is 6. The number of benzene rings is 2. The molecule has 2 aromatic rings. The van der Waals surface area contributed by atoms with Gasteiger partial charge in [0.2, 0.25) is 0 Å². The molecule has 2 rings (SSSR count). The Morgan fingerprint density at radius 1 is 1.08 bits per heavy atom. The first kappa shape index (κ1) is 18.9. The highest BCUT2D eigenvalue weighted by Crippen LogP contribution is 2.26. The summed E-state index contributed by atoms with van der Waals surface area (Å²) in [5, 5.41) is 12.1. The number of esters is 1. The number of methoxy groups -OCH3 is 2. The number of para-hydroxylation sites is 2. The van der Waals surface area contributed by atoms with Gasteiger partial charge in [0.1, 0.15) is 5.75 Å². The number of nitrogens with one attached hydrogen (secondary N) is 1. The van der Waals surface area contributed by atoms with E-state index in [0.717, 1.165) is 0 Å². The lowest BCUT2D eigenvalue weighted by atomic mass is 10.2. The van der Waals surface area contributed by atoms with E-state index in [4.69, 9.17) is 14.2 Å². The Morgan fingerprint density at radius 2 is 1.81 bits per heavy atom. The molecular formula is C19H19NO6. The van der Waals surface area contributed by atoms with Crippen molar-refractivity contribution in [1.82, 2.24) is 0 Å². The van der Waals surface area contributed by atoms with Crippen LogP contribution in [0.5, 0.6) is 17.2 Å². The van der Waals surface area contributed by atoms with Gasteiger partial charge in [0.15, 0.2) is 18.1 Å². The largest absolute Gasteiger partial charge is 0.504 e.